The molecule has 3 nitrogen and oxygen atoms in total. The van der Waals surface area contributed by atoms with Crippen LogP contribution >= 0.6 is 0 Å². The molecule has 1 amide bonds. The highest BCUT2D eigenvalue weighted by Gasteiger charge is 2.45. The number of amides is 1. The van der Waals surface area contributed by atoms with Crippen LogP contribution in [-0.2, 0) is 10.2 Å². The van der Waals surface area contributed by atoms with E-state index in [2.05, 4.69) is 45.0 Å². The van der Waals surface area contributed by atoms with Gasteiger partial charge in [-0.2, -0.15) is 0 Å². The van der Waals surface area contributed by atoms with E-state index in [0.29, 0.717) is 5.06 Å². The summed E-state index contributed by atoms with van der Waals surface area (Å²) in [5.74, 6) is 0.0569. The summed E-state index contributed by atoms with van der Waals surface area (Å²) in [6.45, 7) is 6.56. The van der Waals surface area contributed by atoms with E-state index in [1.807, 2.05) is 0 Å². The zero-order valence-corrected chi connectivity index (χ0v) is 11.5. The molecule has 98 valence electrons. The second-order valence-corrected chi connectivity index (χ2v) is 6.18. The van der Waals surface area contributed by atoms with Crippen LogP contribution in [0.4, 0.5) is 0 Å². The van der Waals surface area contributed by atoms with Gasteiger partial charge in [-0.1, -0.05) is 45.0 Å². The molecular weight excluding hydrogens is 226 g/mol. The quantitative estimate of drug-likeness (QED) is 0.645. The minimum absolute atomic E-state index is 0.0412. The molecule has 3 heteroatoms. The lowest BCUT2D eigenvalue weighted by Crippen LogP contribution is -2.24. The highest BCUT2D eigenvalue weighted by molar-refractivity contribution is 5.81. The van der Waals surface area contributed by atoms with Crippen molar-refractivity contribution in [1.82, 2.24) is 5.06 Å². The predicted octanol–water partition coefficient (Wildman–Crippen LogP) is 2.94. The first-order valence-electron chi connectivity index (χ1n) is 6.37. The van der Waals surface area contributed by atoms with Gasteiger partial charge >= 0.3 is 0 Å². The van der Waals surface area contributed by atoms with Crippen LogP contribution in [0.3, 0.4) is 0 Å². The predicted molar refractivity (Wildman–Crippen MR) is 70.5 cm³/mol. The molecular formula is C15H21NO2. The largest absolute Gasteiger partial charge is 0.286 e. The zero-order valence-electron chi connectivity index (χ0n) is 11.5. The molecule has 1 saturated carbocycles. The van der Waals surface area contributed by atoms with Crippen molar-refractivity contribution in [3.8, 4) is 0 Å². The molecule has 0 aromatic heterocycles. The van der Waals surface area contributed by atoms with Gasteiger partial charge in [-0.3, -0.25) is 10.0 Å². The minimum Gasteiger partial charge on any atom is -0.286 e. The van der Waals surface area contributed by atoms with Crippen LogP contribution in [0.1, 0.15) is 44.2 Å². The highest BCUT2D eigenvalue weighted by atomic mass is 16.5. The average molecular weight is 247 g/mol. The summed E-state index contributed by atoms with van der Waals surface area (Å²) >= 11 is 0. The summed E-state index contributed by atoms with van der Waals surface area (Å²) in [5.41, 5.74) is 2.65. The topological polar surface area (TPSA) is 40.5 Å². The third kappa shape index (κ3) is 2.56. The molecule has 0 radical (unpaired) electrons. The van der Waals surface area contributed by atoms with Crippen LogP contribution in [0.2, 0.25) is 0 Å². The molecule has 2 atom stereocenters. The van der Waals surface area contributed by atoms with E-state index in [0.717, 1.165) is 6.42 Å². The maximum absolute atomic E-state index is 11.6. The van der Waals surface area contributed by atoms with Gasteiger partial charge in [0.1, 0.15) is 0 Å². The van der Waals surface area contributed by atoms with Gasteiger partial charge in [-0.15, -0.1) is 0 Å². The third-order valence-corrected chi connectivity index (χ3v) is 3.63. The Morgan fingerprint density at radius 1 is 1.28 bits per heavy atom. The molecule has 0 unspecified atom stereocenters. The number of hydrogen-bond donors (Lipinski definition) is 1. The van der Waals surface area contributed by atoms with Crippen molar-refractivity contribution in [3.63, 3.8) is 0 Å². The van der Waals surface area contributed by atoms with E-state index in [1.54, 1.807) is 0 Å². The van der Waals surface area contributed by atoms with Gasteiger partial charge in [-0.25, -0.2) is 5.06 Å². The normalized spacial score (nSPS) is 22.7. The van der Waals surface area contributed by atoms with Gasteiger partial charge in [0, 0.05) is 13.0 Å². The number of carbonyl (C=O) groups excluding carboxylic acids is 1. The second-order valence-electron chi connectivity index (χ2n) is 6.18. The smallest absolute Gasteiger partial charge is 0.249 e. The molecule has 1 aliphatic carbocycles. The number of nitrogens with zero attached hydrogens (tertiary/aromatic N) is 1. The summed E-state index contributed by atoms with van der Waals surface area (Å²) in [6, 6.07) is 8.49. The van der Waals surface area contributed by atoms with Crippen LogP contribution in [0.15, 0.2) is 24.3 Å². The molecule has 2 rings (SSSR count). The fourth-order valence-electron chi connectivity index (χ4n) is 2.31. The molecule has 0 bridgehead atoms. The maximum Gasteiger partial charge on any atom is 0.249 e. The van der Waals surface area contributed by atoms with Crippen LogP contribution in [0.25, 0.3) is 0 Å². The van der Waals surface area contributed by atoms with E-state index in [-0.39, 0.29) is 23.2 Å². The van der Waals surface area contributed by atoms with Gasteiger partial charge in [0.2, 0.25) is 5.91 Å². The van der Waals surface area contributed by atoms with Crippen LogP contribution < -0.4 is 0 Å². The van der Waals surface area contributed by atoms with E-state index in [1.165, 1.54) is 18.2 Å². The van der Waals surface area contributed by atoms with Gasteiger partial charge in [-0.05, 0) is 28.9 Å². The van der Waals surface area contributed by atoms with E-state index in [9.17, 15) is 4.79 Å². The third-order valence-electron chi connectivity index (χ3n) is 3.63. The molecule has 0 spiro atoms. The molecule has 18 heavy (non-hydrogen) atoms. The highest BCUT2D eigenvalue weighted by Crippen LogP contribution is 2.48. The van der Waals surface area contributed by atoms with E-state index in [4.69, 9.17) is 5.21 Å². The van der Waals surface area contributed by atoms with E-state index >= 15 is 0 Å². The summed E-state index contributed by atoms with van der Waals surface area (Å²) in [6.07, 6.45) is 0.846. The van der Waals surface area contributed by atoms with E-state index < -0.39 is 0 Å². The van der Waals surface area contributed by atoms with Crippen molar-refractivity contribution >= 4 is 5.91 Å². The number of carbonyl (C=O) groups is 1. The van der Waals surface area contributed by atoms with Crippen molar-refractivity contribution in [3.05, 3.63) is 35.4 Å². The Morgan fingerprint density at radius 2 is 1.83 bits per heavy atom. The first-order valence-corrected chi connectivity index (χ1v) is 6.37. The number of hydroxylamine groups is 2. The fourth-order valence-corrected chi connectivity index (χ4v) is 2.31. The zero-order chi connectivity index (χ0) is 13.5. The molecule has 0 heterocycles. The van der Waals surface area contributed by atoms with Crippen molar-refractivity contribution < 1.29 is 10.0 Å². The monoisotopic (exact) mass is 247 g/mol. The Bertz CT molecular complexity index is 443. The van der Waals surface area contributed by atoms with Crippen molar-refractivity contribution in [2.24, 2.45) is 5.92 Å². The lowest BCUT2D eigenvalue weighted by atomic mass is 9.86. The number of hydrogen-bond acceptors (Lipinski definition) is 2. The Labute approximate surface area is 108 Å². The Hall–Kier alpha value is -1.35. The molecule has 1 aromatic rings. The van der Waals surface area contributed by atoms with Crippen molar-refractivity contribution in [1.29, 1.82) is 0 Å². The average Bonchev–Trinajstić information content (AvgIpc) is 3.07. The lowest BCUT2D eigenvalue weighted by molar-refractivity contribution is -0.160. The Kier molecular flexibility index (Phi) is 3.20. The van der Waals surface area contributed by atoms with Gasteiger partial charge in [0.15, 0.2) is 0 Å². The lowest BCUT2D eigenvalue weighted by Gasteiger charge is -2.19. The number of rotatable bonds is 2. The van der Waals surface area contributed by atoms with Crippen LogP contribution in [-0.4, -0.2) is 23.2 Å². The Balaban J connectivity index is 2.07. The standard InChI is InChI=1S/C15H21NO2/c1-15(2,3)11-7-5-10(6-8-11)12-9-13(12)14(17)16(4)18/h5-8,12-13,18H,9H2,1-4H3/t12-,13+/m0/s1. The van der Waals surface area contributed by atoms with Gasteiger partial charge < -0.3 is 0 Å². The molecule has 0 aliphatic heterocycles. The summed E-state index contributed by atoms with van der Waals surface area (Å²) in [4.78, 5) is 11.6. The molecule has 1 N–H and O–H groups in total. The first kappa shape index (κ1) is 13.1. The maximum atomic E-state index is 11.6. The molecule has 0 saturated heterocycles. The van der Waals surface area contributed by atoms with Gasteiger partial charge in [0.25, 0.3) is 0 Å². The van der Waals surface area contributed by atoms with Gasteiger partial charge in [0.05, 0.1) is 0 Å². The summed E-state index contributed by atoms with van der Waals surface area (Å²) in [7, 11) is 1.39. The first-order chi connectivity index (χ1) is 8.30. The van der Waals surface area contributed by atoms with Crippen LogP contribution in [0.5, 0.6) is 0 Å². The summed E-state index contributed by atoms with van der Waals surface area (Å²) < 4.78 is 0. The molecule has 1 aromatic carbocycles. The summed E-state index contributed by atoms with van der Waals surface area (Å²) in [5, 5.41) is 9.83. The SMILES string of the molecule is CN(O)C(=O)[C@@H]1C[C@H]1c1ccc(C(C)(C)C)cc1. The fraction of sp³-hybridized carbons (Fsp3) is 0.533. The van der Waals surface area contributed by atoms with Crippen LogP contribution in [0, 0.1) is 5.92 Å². The number of benzene rings is 1. The molecule has 1 aliphatic rings. The second kappa shape index (κ2) is 4.39. The van der Waals surface area contributed by atoms with Crippen molar-refractivity contribution in [2.45, 2.75) is 38.5 Å². The van der Waals surface area contributed by atoms with Crippen molar-refractivity contribution in [2.75, 3.05) is 7.05 Å². The molecule has 1 fully saturated rings. The minimum atomic E-state index is -0.181. The Morgan fingerprint density at radius 3 is 2.28 bits per heavy atom.